The van der Waals surface area contributed by atoms with Crippen molar-refractivity contribution in [2.45, 2.75) is 36.6 Å². The molecule has 0 atom stereocenters. The van der Waals surface area contributed by atoms with Crippen molar-refractivity contribution in [2.75, 3.05) is 14.1 Å². The van der Waals surface area contributed by atoms with Crippen molar-refractivity contribution in [1.29, 1.82) is 0 Å². The van der Waals surface area contributed by atoms with Gasteiger partial charge in [-0.25, -0.2) is 13.1 Å². The van der Waals surface area contributed by atoms with Gasteiger partial charge in [0.05, 0.1) is 4.90 Å². The molecule has 6 heteroatoms. The summed E-state index contributed by atoms with van der Waals surface area (Å²) in [5.74, 6) is 0.0668. The molecule has 0 unspecified atom stereocenters. The van der Waals surface area contributed by atoms with Crippen molar-refractivity contribution >= 4 is 15.9 Å². The third kappa shape index (κ3) is 4.05. The number of nitrogens with one attached hydrogen (secondary N) is 1. The van der Waals surface area contributed by atoms with E-state index >= 15 is 0 Å². The summed E-state index contributed by atoms with van der Waals surface area (Å²) in [7, 11) is 0.0639. The summed E-state index contributed by atoms with van der Waals surface area (Å²) < 4.78 is 26.6. The van der Waals surface area contributed by atoms with E-state index in [1.807, 2.05) is 0 Å². The molecule has 110 valence electrons. The lowest BCUT2D eigenvalue weighted by Gasteiger charge is -2.10. The van der Waals surface area contributed by atoms with Crippen LogP contribution in [0, 0.1) is 0 Å². The van der Waals surface area contributed by atoms with Gasteiger partial charge in [0.15, 0.2) is 0 Å². The van der Waals surface area contributed by atoms with Gasteiger partial charge in [0.25, 0.3) is 0 Å². The molecule has 2 rings (SSSR count). The molecular formula is C14H20N2O3S. The van der Waals surface area contributed by atoms with Gasteiger partial charge in [-0.1, -0.05) is 12.1 Å². The van der Waals surface area contributed by atoms with Crippen LogP contribution in [0.15, 0.2) is 29.2 Å². The largest absolute Gasteiger partial charge is 0.349 e. The van der Waals surface area contributed by atoms with Gasteiger partial charge in [-0.15, -0.1) is 0 Å². The fraction of sp³-hybridized carbons (Fsp3) is 0.500. The lowest BCUT2D eigenvalue weighted by molar-refractivity contribution is -0.128. The Hall–Kier alpha value is -1.40. The van der Waals surface area contributed by atoms with Gasteiger partial charge >= 0.3 is 0 Å². The number of nitrogens with zero attached hydrogens (tertiary/aromatic N) is 1. The smallest absolute Gasteiger partial charge is 0.240 e. The van der Waals surface area contributed by atoms with Gasteiger partial charge in [-0.3, -0.25) is 4.79 Å². The lowest BCUT2D eigenvalue weighted by Crippen LogP contribution is -2.25. The third-order valence-electron chi connectivity index (χ3n) is 3.26. The van der Waals surface area contributed by atoms with Crippen LogP contribution in [0.2, 0.25) is 0 Å². The van der Waals surface area contributed by atoms with Gasteiger partial charge in [0, 0.05) is 26.6 Å². The Balaban J connectivity index is 1.97. The van der Waals surface area contributed by atoms with E-state index in [0.29, 0.717) is 12.8 Å². The van der Waals surface area contributed by atoms with Crippen LogP contribution in [0.5, 0.6) is 0 Å². The van der Waals surface area contributed by atoms with E-state index in [1.54, 1.807) is 43.3 Å². The highest BCUT2D eigenvalue weighted by Gasteiger charge is 2.27. The summed E-state index contributed by atoms with van der Waals surface area (Å²) in [4.78, 5) is 13.3. The average Bonchev–Trinajstić information content (AvgIpc) is 3.19. The molecule has 0 aliphatic heterocycles. The van der Waals surface area contributed by atoms with Crippen LogP contribution < -0.4 is 4.72 Å². The van der Waals surface area contributed by atoms with Gasteiger partial charge in [0.2, 0.25) is 15.9 Å². The summed E-state index contributed by atoms with van der Waals surface area (Å²) in [5, 5.41) is 0. The monoisotopic (exact) mass is 296 g/mol. The van der Waals surface area contributed by atoms with Crippen molar-refractivity contribution in [3.05, 3.63) is 29.8 Å². The number of hydrogen-bond acceptors (Lipinski definition) is 3. The summed E-state index contributed by atoms with van der Waals surface area (Å²) in [5.41, 5.74) is 0.963. The van der Waals surface area contributed by atoms with Crippen molar-refractivity contribution in [3.8, 4) is 0 Å². The second kappa shape index (κ2) is 5.93. The Morgan fingerprint density at radius 3 is 2.35 bits per heavy atom. The topological polar surface area (TPSA) is 66.5 Å². The highest BCUT2D eigenvalue weighted by atomic mass is 32.2. The fourth-order valence-electron chi connectivity index (χ4n) is 1.80. The van der Waals surface area contributed by atoms with Crippen LogP contribution in [0.1, 0.15) is 24.8 Å². The first-order chi connectivity index (χ1) is 9.38. The Labute approximate surface area is 120 Å². The number of carbonyl (C=O) groups excluding carboxylic acids is 1. The summed E-state index contributed by atoms with van der Waals surface area (Å²) in [6.45, 7) is 0. The second-order valence-electron chi connectivity index (χ2n) is 5.33. The minimum Gasteiger partial charge on any atom is -0.349 e. The van der Waals surface area contributed by atoms with Gasteiger partial charge in [-0.2, -0.15) is 0 Å². The minimum absolute atomic E-state index is 0.0668. The number of rotatable bonds is 6. The molecule has 1 saturated carbocycles. The quantitative estimate of drug-likeness (QED) is 0.856. The van der Waals surface area contributed by atoms with E-state index < -0.39 is 10.0 Å². The normalized spacial score (nSPS) is 15.1. The van der Waals surface area contributed by atoms with E-state index in [4.69, 9.17) is 0 Å². The molecule has 1 aromatic rings. The maximum atomic E-state index is 12.0. The van der Waals surface area contributed by atoms with Crippen LogP contribution in [0.4, 0.5) is 0 Å². The van der Waals surface area contributed by atoms with Crippen LogP contribution in [-0.4, -0.2) is 39.4 Å². The zero-order chi connectivity index (χ0) is 14.8. The molecule has 1 amide bonds. The highest BCUT2D eigenvalue weighted by molar-refractivity contribution is 7.89. The van der Waals surface area contributed by atoms with Crippen LogP contribution in [0.25, 0.3) is 0 Å². The first-order valence-electron chi connectivity index (χ1n) is 6.70. The minimum atomic E-state index is -3.38. The van der Waals surface area contributed by atoms with Crippen LogP contribution in [0.3, 0.4) is 0 Å². The van der Waals surface area contributed by atoms with Crippen molar-refractivity contribution < 1.29 is 13.2 Å². The first kappa shape index (κ1) is 15.0. The highest BCUT2D eigenvalue weighted by Crippen LogP contribution is 2.22. The lowest BCUT2D eigenvalue weighted by atomic mass is 10.1. The number of amides is 1. The molecule has 0 bridgehead atoms. The number of benzene rings is 1. The molecule has 1 aromatic carbocycles. The zero-order valence-electron chi connectivity index (χ0n) is 11.8. The molecule has 1 aliphatic rings. The summed E-state index contributed by atoms with van der Waals surface area (Å²) in [6, 6.07) is 6.84. The van der Waals surface area contributed by atoms with Crippen molar-refractivity contribution in [2.24, 2.45) is 0 Å². The third-order valence-corrected chi connectivity index (χ3v) is 4.80. The van der Waals surface area contributed by atoms with Crippen LogP contribution in [-0.2, 0) is 21.2 Å². The maximum absolute atomic E-state index is 12.0. The molecule has 0 aromatic heterocycles. The first-order valence-corrected chi connectivity index (χ1v) is 8.18. The molecule has 20 heavy (non-hydrogen) atoms. The molecule has 1 fully saturated rings. The molecule has 0 radical (unpaired) electrons. The molecule has 0 spiro atoms. The van der Waals surface area contributed by atoms with E-state index in [-0.39, 0.29) is 16.8 Å². The fourth-order valence-corrected chi connectivity index (χ4v) is 3.10. The number of aryl methyl sites for hydroxylation is 1. The predicted molar refractivity (Wildman–Crippen MR) is 76.8 cm³/mol. The Morgan fingerprint density at radius 1 is 1.25 bits per heavy atom. The number of carbonyl (C=O) groups is 1. The summed E-state index contributed by atoms with van der Waals surface area (Å²) >= 11 is 0. The molecule has 0 heterocycles. The summed E-state index contributed by atoms with van der Waals surface area (Å²) in [6.07, 6.45) is 2.89. The molecule has 1 N–H and O–H groups in total. The maximum Gasteiger partial charge on any atom is 0.240 e. The Kier molecular flexibility index (Phi) is 4.45. The van der Waals surface area contributed by atoms with Gasteiger partial charge in [-0.05, 0) is 37.0 Å². The predicted octanol–water partition coefficient (Wildman–Crippen LogP) is 1.15. The molecule has 0 saturated heterocycles. The van der Waals surface area contributed by atoms with Gasteiger partial charge < -0.3 is 4.90 Å². The van der Waals surface area contributed by atoms with Crippen molar-refractivity contribution in [3.63, 3.8) is 0 Å². The van der Waals surface area contributed by atoms with Crippen LogP contribution >= 0.6 is 0 Å². The van der Waals surface area contributed by atoms with Crippen molar-refractivity contribution in [1.82, 2.24) is 9.62 Å². The number of hydrogen-bond donors (Lipinski definition) is 1. The van der Waals surface area contributed by atoms with E-state index in [0.717, 1.165) is 18.4 Å². The van der Waals surface area contributed by atoms with E-state index in [2.05, 4.69) is 4.72 Å². The second-order valence-corrected chi connectivity index (χ2v) is 7.04. The van der Waals surface area contributed by atoms with E-state index in [9.17, 15) is 13.2 Å². The Bertz CT molecular complexity index is 575. The molecular weight excluding hydrogens is 276 g/mol. The zero-order valence-corrected chi connectivity index (χ0v) is 12.6. The van der Waals surface area contributed by atoms with Gasteiger partial charge in [0.1, 0.15) is 0 Å². The van der Waals surface area contributed by atoms with E-state index in [1.165, 1.54) is 0 Å². The molecule has 5 nitrogen and oxygen atoms in total. The number of sulfonamides is 1. The standard InChI is InChI=1S/C14H20N2O3S/c1-16(2)14(17)10-5-11-3-8-13(9-4-11)20(18,19)15-12-6-7-12/h3-4,8-9,12,15H,5-7,10H2,1-2H3. The Morgan fingerprint density at radius 2 is 1.85 bits per heavy atom. The molecule has 1 aliphatic carbocycles. The average molecular weight is 296 g/mol. The SMILES string of the molecule is CN(C)C(=O)CCc1ccc(S(=O)(=O)NC2CC2)cc1.